The third-order valence-corrected chi connectivity index (χ3v) is 18.7. The smallest absolute Gasteiger partial charge is 0.339 e. The van der Waals surface area contributed by atoms with E-state index in [1.807, 2.05) is 74.4 Å². The van der Waals surface area contributed by atoms with Crippen LogP contribution in [-0.2, 0) is 33.1 Å². The first kappa shape index (κ1) is 59.2. The van der Waals surface area contributed by atoms with Gasteiger partial charge in [-0.25, -0.2) is 9.97 Å². The van der Waals surface area contributed by atoms with E-state index in [1.54, 1.807) is 60.7 Å². The molecule has 0 amide bonds. The Bertz CT molecular complexity index is 3740. The highest BCUT2D eigenvalue weighted by Gasteiger charge is 2.30. The topological polar surface area (TPSA) is 151 Å². The second-order valence-electron chi connectivity index (χ2n) is 22.2. The van der Waals surface area contributed by atoms with Crippen molar-refractivity contribution in [1.29, 1.82) is 0 Å². The number of H-pyrrole nitrogens is 2. The number of hydrogen-bond acceptors (Lipinski definition) is 10. The Morgan fingerprint density at radius 1 is 0.463 bits per heavy atom. The third-order valence-electron chi connectivity index (χ3n) is 16.2. The number of anilines is 2. The molecule has 3 aromatic heterocycles. The molecule has 8 bridgehead atoms. The molecule has 4 aromatic carbocycles. The molecule has 0 unspecified atom stereocenters. The molecule has 2 aliphatic rings. The SMILES string of the molecule is CCCCC1=C(C)c2nc1cc1[nH]c(c(C)c1CCCC)c(-c1ccccc1OS(=O)(=O)c1ccc(N(C)C)cc1)c1nc(cc3[nH]c(c(C)c3CCCC)c2-c2ccccc2OS(=O)(=O)c2ccc(N(C)C)cc2)C(CCCC)=C1C. The summed E-state index contributed by atoms with van der Waals surface area (Å²) in [7, 11) is -0.959. The predicted molar refractivity (Wildman–Crippen MR) is 340 cm³/mol. The normalized spacial score (nSPS) is 12.8. The molecule has 0 saturated heterocycles. The monoisotopic (exact) mass is 1140 g/mol. The molecule has 0 fully saturated rings. The van der Waals surface area contributed by atoms with Crippen LogP contribution in [0.3, 0.4) is 0 Å². The van der Waals surface area contributed by atoms with Gasteiger partial charge in [-0.2, -0.15) is 16.8 Å². The Kier molecular flexibility index (Phi) is 18.0. The van der Waals surface area contributed by atoms with Gasteiger partial charge < -0.3 is 28.1 Å². The average Bonchev–Trinajstić information content (AvgIpc) is 4.13. The zero-order valence-corrected chi connectivity index (χ0v) is 51.6. The lowest BCUT2D eigenvalue weighted by Gasteiger charge is -2.15. The van der Waals surface area contributed by atoms with Gasteiger partial charge in [0.1, 0.15) is 9.79 Å². The number of aryl methyl sites for hydroxylation is 4. The zero-order valence-electron chi connectivity index (χ0n) is 49.9. The molecule has 14 heteroatoms. The van der Waals surface area contributed by atoms with Gasteiger partial charge in [0.2, 0.25) is 0 Å². The van der Waals surface area contributed by atoms with Crippen LogP contribution in [0.5, 0.6) is 11.5 Å². The largest absolute Gasteiger partial charge is 0.378 e. The summed E-state index contributed by atoms with van der Waals surface area (Å²) in [6, 6.07) is 32.6. The summed E-state index contributed by atoms with van der Waals surface area (Å²) >= 11 is 0. The number of benzene rings is 4. The van der Waals surface area contributed by atoms with E-state index in [4.69, 9.17) is 18.3 Å². The molecule has 12 nitrogen and oxygen atoms in total. The Morgan fingerprint density at radius 2 is 0.805 bits per heavy atom. The first-order valence-corrected chi connectivity index (χ1v) is 32.0. The number of aromatic amines is 2. The van der Waals surface area contributed by atoms with Crippen molar-refractivity contribution in [3.05, 3.63) is 154 Å². The quantitative estimate of drug-likeness (QED) is 0.0628. The number of rotatable bonds is 22. The van der Waals surface area contributed by atoms with Crippen molar-refractivity contribution in [3.8, 4) is 33.8 Å². The first-order valence-electron chi connectivity index (χ1n) is 29.1. The summed E-state index contributed by atoms with van der Waals surface area (Å²) in [6.07, 6.45) is 10.7. The summed E-state index contributed by atoms with van der Waals surface area (Å²) in [5.41, 5.74) is 19.5. The molecule has 0 aliphatic carbocycles. The van der Waals surface area contributed by atoms with Crippen molar-refractivity contribution < 1.29 is 25.2 Å². The average molecular weight is 1140 g/mol. The molecule has 9 rings (SSSR count). The van der Waals surface area contributed by atoms with Gasteiger partial charge in [0.25, 0.3) is 0 Å². The lowest BCUT2D eigenvalue weighted by atomic mass is 9.93. The minimum atomic E-state index is -4.31. The van der Waals surface area contributed by atoms with Crippen LogP contribution in [0.1, 0.15) is 151 Å². The van der Waals surface area contributed by atoms with Crippen LogP contribution in [0.25, 0.3) is 66.6 Å². The van der Waals surface area contributed by atoms with Gasteiger partial charge in [-0.3, -0.25) is 0 Å². The molecule has 2 N–H and O–H groups in total. The minimum absolute atomic E-state index is 0.0507. The molecule has 2 aliphatic heterocycles. The molecular weight excluding hydrogens is 1060 g/mol. The molecule has 0 atom stereocenters. The second kappa shape index (κ2) is 25.0. The van der Waals surface area contributed by atoms with Crippen LogP contribution >= 0.6 is 0 Å². The Hall–Kier alpha value is -7.42. The summed E-state index contributed by atoms with van der Waals surface area (Å²) in [6.45, 7) is 17.4. The van der Waals surface area contributed by atoms with Gasteiger partial charge >= 0.3 is 20.2 Å². The van der Waals surface area contributed by atoms with Gasteiger partial charge in [-0.1, -0.05) is 89.8 Å². The number of nitrogens with one attached hydrogen (secondary N) is 2. The van der Waals surface area contributed by atoms with E-state index >= 15 is 0 Å². The zero-order chi connectivity index (χ0) is 58.6. The summed E-state index contributed by atoms with van der Waals surface area (Å²) < 4.78 is 70.3. The number of aromatic nitrogens is 4. The van der Waals surface area contributed by atoms with Gasteiger partial charge in [0.05, 0.1) is 33.8 Å². The lowest BCUT2D eigenvalue weighted by Crippen LogP contribution is -2.12. The fourth-order valence-electron chi connectivity index (χ4n) is 11.4. The molecule has 82 heavy (non-hydrogen) atoms. The maximum Gasteiger partial charge on any atom is 0.339 e. The molecule has 430 valence electrons. The van der Waals surface area contributed by atoms with E-state index in [0.29, 0.717) is 11.1 Å². The fraction of sp³-hybridized carbons (Fsp3) is 0.353. The van der Waals surface area contributed by atoms with Gasteiger partial charge in [-0.05, 0) is 196 Å². The minimum Gasteiger partial charge on any atom is -0.378 e. The maximum atomic E-state index is 14.4. The number of allylic oxidation sites excluding steroid dienone is 4. The molecule has 0 spiro atoms. The molecule has 0 saturated carbocycles. The Balaban J connectivity index is 1.43. The van der Waals surface area contributed by atoms with Crippen LogP contribution in [0.4, 0.5) is 11.4 Å². The molecule has 7 aromatic rings. The van der Waals surface area contributed by atoms with Crippen molar-refractivity contribution in [2.45, 2.75) is 142 Å². The van der Waals surface area contributed by atoms with Crippen LogP contribution in [0, 0.1) is 13.8 Å². The van der Waals surface area contributed by atoms with Crippen molar-refractivity contribution in [1.82, 2.24) is 19.9 Å². The van der Waals surface area contributed by atoms with Crippen LogP contribution in [-0.4, -0.2) is 65.0 Å². The summed E-state index contributed by atoms with van der Waals surface area (Å²) in [5, 5.41) is 0. The lowest BCUT2D eigenvalue weighted by molar-refractivity contribution is 0.485. The third kappa shape index (κ3) is 11.9. The Morgan fingerprint density at radius 3 is 1.15 bits per heavy atom. The highest BCUT2D eigenvalue weighted by Crippen LogP contribution is 2.47. The van der Waals surface area contributed by atoms with Gasteiger partial charge in [0.15, 0.2) is 11.5 Å². The van der Waals surface area contributed by atoms with E-state index in [9.17, 15) is 16.8 Å². The molecular formula is C68H80N6O6S2. The van der Waals surface area contributed by atoms with Crippen molar-refractivity contribution in [2.75, 3.05) is 38.0 Å². The highest BCUT2D eigenvalue weighted by atomic mass is 32.2. The highest BCUT2D eigenvalue weighted by molar-refractivity contribution is 7.87. The van der Waals surface area contributed by atoms with E-state index in [2.05, 4.69) is 77.5 Å². The van der Waals surface area contributed by atoms with Crippen LogP contribution in [0.15, 0.2) is 119 Å². The van der Waals surface area contributed by atoms with Crippen molar-refractivity contribution in [3.63, 3.8) is 0 Å². The second-order valence-corrected chi connectivity index (χ2v) is 25.3. The van der Waals surface area contributed by atoms with Crippen LogP contribution < -0.4 is 18.2 Å². The fourth-order valence-corrected chi connectivity index (χ4v) is 13.3. The first-order chi connectivity index (χ1) is 39.3. The van der Waals surface area contributed by atoms with E-state index in [-0.39, 0.29) is 21.3 Å². The van der Waals surface area contributed by atoms with Crippen LogP contribution in [0.2, 0.25) is 0 Å². The number of para-hydroxylation sites is 2. The van der Waals surface area contributed by atoms with E-state index < -0.39 is 20.2 Å². The number of unbranched alkanes of at least 4 members (excludes halogenated alkanes) is 4. The summed E-state index contributed by atoms with van der Waals surface area (Å²) in [5.74, 6) is 0.380. The molecule has 5 heterocycles. The maximum absolute atomic E-state index is 14.4. The molecule has 0 radical (unpaired) electrons. The number of nitrogens with zero attached hydrogens (tertiary/aromatic N) is 4. The van der Waals surface area contributed by atoms with E-state index in [1.165, 1.54) is 0 Å². The van der Waals surface area contributed by atoms with Gasteiger partial charge in [-0.15, -0.1) is 0 Å². The van der Waals surface area contributed by atoms with Crippen molar-refractivity contribution in [2.24, 2.45) is 0 Å². The van der Waals surface area contributed by atoms with Gasteiger partial charge in [0, 0.05) is 72.9 Å². The van der Waals surface area contributed by atoms with Crippen molar-refractivity contribution >= 4 is 76.0 Å². The van der Waals surface area contributed by atoms with E-state index in [0.717, 1.165) is 189 Å². The number of fused-ring (bicyclic) bond motifs is 8. The standard InChI is InChI=1S/C68H80N6O6S2/c1-13-17-25-51-43(5)65-63(55-29-21-23-31-61(55)79-81(75,76)49-37-33-47(34-38-49)73(9)10)66-45(7)53(27-19-15-3)59(71-66)42-60-54(28-20-16-4)46(8)68(72-60)64(67-44(6)52(26-18-14-2)58(70-67)41-57(51)69-65)56-30-22-24-32-62(56)80-82(77,78)50-39-35-48(36-40-50)74(11)12/h21-24,29-42,69,72H,13-20,25-28H2,1-12H3. The predicted octanol–water partition coefficient (Wildman–Crippen LogP) is 16.9. The summed E-state index contributed by atoms with van der Waals surface area (Å²) in [4.78, 5) is 23.3. The Labute approximate surface area is 486 Å². The number of hydrogen-bond donors (Lipinski definition) is 2.